The third kappa shape index (κ3) is 7.93. The number of carbonyl (C=O) groups is 4. The Balaban J connectivity index is 3.52. The van der Waals surface area contributed by atoms with Crippen molar-refractivity contribution >= 4 is 23.9 Å². The zero-order valence-corrected chi connectivity index (χ0v) is 16.2. The van der Waals surface area contributed by atoms with Gasteiger partial charge in [0.15, 0.2) is 0 Å². The molecule has 0 aromatic heterocycles. The van der Waals surface area contributed by atoms with Crippen LogP contribution in [-0.2, 0) is 19.2 Å². The van der Waals surface area contributed by atoms with Crippen LogP contribution in [0.1, 0.15) is 64.2 Å². The lowest BCUT2D eigenvalue weighted by Crippen LogP contribution is -2.68. The second-order valence-corrected chi connectivity index (χ2v) is 7.46. The summed E-state index contributed by atoms with van der Waals surface area (Å²) in [5.74, 6) is -5.41. The van der Waals surface area contributed by atoms with Crippen LogP contribution in [-0.4, -0.2) is 56.4 Å². The maximum Gasteiger partial charge on any atom is 0.305 e. The van der Waals surface area contributed by atoms with E-state index >= 15 is 0 Å². The summed E-state index contributed by atoms with van der Waals surface area (Å²) in [4.78, 5) is 46.7. The van der Waals surface area contributed by atoms with Crippen LogP contribution in [0.3, 0.4) is 0 Å². The molecule has 1 fully saturated rings. The van der Waals surface area contributed by atoms with Gasteiger partial charge in [-0.3, -0.25) is 19.2 Å². The molecule has 29 heavy (non-hydrogen) atoms. The number of aliphatic carboxylic acids is 4. The van der Waals surface area contributed by atoms with Crippen molar-refractivity contribution in [3.63, 3.8) is 0 Å². The molecule has 0 aromatic carbocycles. The van der Waals surface area contributed by atoms with Crippen LogP contribution in [0.2, 0.25) is 0 Å². The van der Waals surface area contributed by atoms with Gasteiger partial charge in [-0.1, -0.05) is 25.7 Å². The van der Waals surface area contributed by atoms with Gasteiger partial charge in [0, 0.05) is 12.0 Å². The van der Waals surface area contributed by atoms with Gasteiger partial charge in [-0.2, -0.15) is 11.1 Å². The van der Waals surface area contributed by atoms with Crippen LogP contribution in [0.5, 0.6) is 0 Å². The zero-order valence-electron chi connectivity index (χ0n) is 16.2. The molecule has 0 aliphatic carbocycles. The van der Waals surface area contributed by atoms with Crippen molar-refractivity contribution in [3.05, 3.63) is 0 Å². The number of rotatable bonds is 8. The highest BCUT2D eigenvalue weighted by molar-refractivity contribution is 5.77. The molecule has 166 valence electrons. The number of hydrazine groups is 3. The molecular weight excluding hydrogens is 388 g/mol. The summed E-state index contributed by atoms with van der Waals surface area (Å²) >= 11 is 0. The average molecular weight is 418 g/mol. The fourth-order valence-corrected chi connectivity index (χ4v) is 4.04. The predicted molar refractivity (Wildman–Crippen MR) is 99.3 cm³/mol. The fraction of sp³-hybridized carbons (Fsp3) is 0.765. The normalized spacial score (nSPS) is 20.4. The van der Waals surface area contributed by atoms with Gasteiger partial charge in [-0.15, -0.1) is 0 Å². The van der Waals surface area contributed by atoms with Crippen molar-refractivity contribution in [1.29, 1.82) is 0 Å². The van der Waals surface area contributed by atoms with E-state index in [0.29, 0.717) is 19.4 Å². The second kappa shape index (κ2) is 11.7. The van der Waals surface area contributed by atoms with Gasteiger partial charge >= 0.3 is 23.9 Å². The van der Waals surface area contributed by atoms with E-state index in [4.69, 9.17) is 0 Å². The Morgan fingerprint density at radius 2 is 1.14 bits per heavy atom. The minimum absolute atomic E-state index is 0.0499. The van der Waals surface area contributed by atoms with Crippen LogP contribution in [0.4, 0.5) is 0 Å². The topological polar surface area (TPSA) is 197 Å². The Kier molecular flexibility index (Phi) is 9.95. The van der Waals surface area contributed by atoms with Gasteiger partial charge in [-0.25, -0.2) is 10.9 Å². The lowest BCUT2D eigenvalue weighted by Gasteiger charge is -2.49. The smallest absolute Gasteiger partial charge is 0.305 e. The van der Waals surface area contributed by atoms with Crippen molar-refractivity contribution in [1.82, 2.24) is 21.9 Å². The Morgan fingerprint density at radius 3 is 1.66 bits per heavy atom. The van der Waals surface area contributed by atoms with Crippen molar-refractivity contribution in [2.75, 3.05) is 6.54 Å². The van der Waals surface area contributed by atoms with Crippen molar-refractivity contribution in [2.45, 2.75) is 69.7 Å². The highest BCUT2D eigenvalue weighted by Crippen LogP contribution is 2.47. The zero-order chi connectivity index (χ0) is 21.9. The minimum atomic E-state index is -1.88. The van der Waals surface area contributed by atoms with E-state index < -0.39 is 60.5 Å². The monoisotopic (exact) mass is 418 g/mol. The summed E-state index contributed by atoms with van der Waals surface area (Å²) in [6, 6.07) is 0. The molecule has 1 heterocycles. The summed E-state index contributed by atoms with van der Waals surface area (Å²) in [7, 11) is 0. The molecular formula is C17H30N4O8. The van der Waals surface area contributed by atoms with Crippen molar-refractivity contribution in [2.24, 2.45) is 5.41 Å². The van der Waals surface area contributed by atoms with E-state index in [2.05, 4.69) is 21.9 Å². The molecule has 0 amide bonds. The van der Waals surface area contributed by atoms with E-state index in [1.54, 1.807) is 0 Å². The van der Waals surface area contributed by atoms with Crippen molar-refractivity contribution < 1.29 is 39.6 Å². The van der Waals surface area contributed by atoms with Gasteiger partial charge in [0.25, 0.3) is 0 Å². The molecule has 1 rings (SSSR count). The Labute approximate surface area is 168 Å². The first kappa shape index (κ1) is 24.8. The van der Waals surface area contributed by atoms with Crippen LogP contribution in [0.25, 0.3) is 0 Å². The van der Waals surface area contributed by atoms with Gasteiger partial charge in [0.1, 0.15) is 0 Å². The largest absolute Gasteiger partial charge is 0.481 e. The average Bonchev–Trinajstić information content (AvgIpc) is 2.57. The summed E-state index contributed by atoms with van der Waals surface area (Å²) in [5.41, 5.74) is 6.98. The lowest BCUT2D eigenvalue weighted by molar-refractivity contribution is -0.158. The summed E-state index contributed by atoms with van der Waals surface area (Å²) in [6.07, 6.45) is 0.842. The maximum absolute atomic E-state index is 11.7. The number of carboxylic acid groups (broad SMARTS) is 4. The van der Waals surface area contributed by atoms with Crippen LogP contribution in [0, 0.1) is 5.41 Å². The third-order valence-corrected chi connectivity index (χ3v) is 5.31. The molecule has 1 aliphatic heterocycles. The molecule has 1 aliphatic rings. The molecule has 1 saturated heterocycles. The molecule has 0 aromatic rings. The van der Waals surface area contributed by atoms with E-state index in [-0.39, 0.29) is 6.42 Å². The van der Waals surface area contributed by atoms with Gasteiger partial charge in [-0.05, 0) is 12.8 Å². The first-order valence-corrected chi connectivity index (χ1v) is 9.50. The standard InChI is InChI=1S/C17H30N4O8/c22-12(23)8-16(9-13(24)25)6-4-2-1-3-5-7-18-20-21-19-17(16,10-14(26)27)11-15(28)29/h18-21H,1-11H2,(H,22,23)(H,24,25)(H,26,27)(H,28,29). The van der Waals surface area contributed by atoms with E-state index in [9.17, 15) is 39.6 Å². The highest BCUT2D eigenvalue weighted by Gasteiger charge is 2.55. The highest BCUT2D eigenvalue weighted by atomic mass is 16.4. The maximum atomic E-state index is 11.7. The molecule has 12 heteroatoms. The SMILES string of the molecule is O=C(O)CC1(CC(=O)O)CCCCCCCNNNNC1(CC(=O)O)CC(=O)O. The summed E-state index contributed by atoms with van der Waals surface area (Å²) in [5, 5.41) is 38.0. The number of carboxylic acids is 4. The number of hydrogen-bond donors (Lipinski definition) is 8. The van der Waals surface area contributed by atoms with Crippen LogP contribution < -0.4 is 21.9 Å². The third-order valence-electron chi connectivity index (χ3n) is 5.31. The minimum Gasteiger partial charge on any atom is -0.481 e. The Bertz CT molecular complexity index is 516. The summed E-state index contributed by atoms with van der Waals surface area (Å²) in [6.45, 7) is 0.592. The summed E-state index contributed by atoms with van der Waals surface area (Å²) < 4.78 is 0. The molecule has 0 saturated carbocycles. The molecule has 8 N–H and O–H groups in total. The predicted octanol–water partition coefficient (Wildman–Crippen LogP) is 0.0680. The van der Waals surface area contributed by atoms with E-state index in [1.165, 1.54) is 0 Å². The molecule has 0 unspecified atom stereocenters. The van der Waals surface area contributed by atoms with Crippen molar-refractivity contribution in [3.8, 4) is 0 Å². The quantitative estimate of drug-likeness (QED) is 0.264. The molecule has 0 atom stereocenters. The number of hydrogen-bond acceptors (Lipinski definition) is 8. The van der Waals surface area contributed by atoms with E-state index in [1.807, 2.05) is 0 Å². The first-order chi connectivity index (χ1) is 13.6. The Hall–Kier alpha value is -2.28. The first-order valence-electron chi connectivity index (χ1n) is 9.50. The van der Waals surface area contributed by atoms with Gasteiger partial charge in [0.05, 0.1) is 31.2 Å². The second-order valence-electron chi connectivity index (χ2n) is 7.46. The number of nitrogens with one attached hydrogen (secondary N) is 4. The van der Waals surface area contributed by atoms with Gasteiger partial charge < -0.3 is 20.4 Å². The van der Waals surface area contributed by atoms with Crippen LogP contribution in [0.15, 0.2) is 0 Å². The molecule has 0 bridgehead atoms. The van der Waals surface area contributed by atoms with E-state index in [0.717, 1.165) is 19.3 Å². The fourth-order valence-electron chi connectivity index (χ4n) is 4.04. The molecule has 12 nitrogen and oxygen atoms in total. The van der Waals surface area contributed by atoms with Gasteiger partial charge in [0.2, 0.25) is 0 Å². The lowest BCUT2D eigenvalue weighted by atomic mass is 9.60. The Morgan fingerprint density at radius 1 is 0.655 bits per heavy atom. The molecule has 0 spiro atoms. The van der Waals surface area contributed by atoms with Crippen LogP contribution >= 0.6 is 0 Å². The molecule has 0 radical (unpaired) electrons.